The van der Waals surface area contributed by atoms with Crippen LogP contribution in [0, 0.1) is 13.8 Å². The Balaban J connectivity index is 2.08. The summed E-state index contributed by atoms with van der Waals surface area (Å²) >= 11 is 5.01. The predicted molar refractivity (Wildman–Crippen MR) is 103 cm³/mol. The topological polar surface area (TPSA) is 91.5 Å². The second-order valence-corrected chi connectivity index (χ2v) is 6.01. The van der Waals surface area contributed by atoms with Crippen LogP contribution in [-0.4, -0.2) is 43.9 Å². The van der Waals surface area contributed by atoms with Crippen LogP contribution in [0.5, 0.6) is 23.7 Å². The van der Waals surface area contributed by atoms with Gasteiger partial charge in [-0.05, 0) is 38.2 Å². The SMILES string of the molecule is COc1cc(OC)nc(Oc2nc(C)n(-c3ccc(C)cc3)c2C(O)=S)n1. The molecule has 0 radical (unpaired) electrons. The lowest BCUT2D eigenvalue weighted by Gasteiger charge is -2.10. The van der Waals surface area contributed by atoms with E-state index >= 15 is 0 Å². The maximum atomic E-state index is 10.1. The molecule has 0 aliphatic rings. The molecule has 9 heteroatoms. The van der Waals surface area contributed by atoms with Crippen molar-refractivity contribution in [3.05, 3.63) is 47.4 Å². The number of aromatic nitrogens is 4. The summed E-state index contributed by atoms with van der Waals surface area (Å²) in [6, 6.07) is 9.18. The van der Waals surface area contributed by atoms with Crippen LogP contribution in [0.25, 0.3) is 5.69 Å². The van der Waals surface area contributed by atoms with E-state index < -0.39 is 0 Å². The average molecular weight is 386 g/mol. The molecule has 2 heterocycles. The molecule has 0 amide bonds. The third-order valence-corrected chi connectivity index (χ3v) is 3.97. The lowest BCUT2D eigenvalue weighted by molar-refractivity contribution is 0.344. The van der Waals surface area contributed by atoms with Crippen LogP contribution in [0.2, 0.25) is 0 Å². The highest BCUT2D eigenvalue weighted by Gasteiger charge is 2.23. The Morgan fingerprint density at radius 2 is 1.59 bits per heavy atom. The largest absolute Gasteiger partial charge is 0.497 e. The van der Waals surface area contributed by atoms with Gasteiger partial charge in [0.25, 0.3) is 5.88 Å². The Kier molecular flexibility index (Phi) is 5.22. The van der Waals surface area contributed by atoms with Crippen LogP contribution >= 0.6 is 12.2 Å². The summed E-state index contributed by atoms with van der Waals surface area (Å²) in [5.74, 6) is 1.19. The maximum absolute atomic E-state index is 10.1. The number of nitrogens with zero attached hydrogens (tertiary/aromatic N) is 4. The van der Waals surface area contributed by atoms with Crippen molar-refractivity contribution < 1.29 is 19.3 Å². The van der Waals surface area contributed by atoms with E-state index in [0.717, 1.165) is 11.3 Å². The smallest absolute Gasteiger partial charge is 0.330 e. The van der Waals surface area contributed by atoms with Gasteiger partial charge in [-0.25, -0.2) is 0 Å². The van der Waals surface area contributed by atoms with E-state index in [9.17, 15) is 5.11 Å². The number of imidazole rings is 1. The number of aliphatic hydroxyl groups is 1. The van der Waals surface area contributed by atoms with Crippen LogP contribution in [-0.2, 0) is 0 Å². The molecule has 8 nitrogen and oxygen atoms in total. The number of thiocarbonyl (C=S) groups is 1. The first-order valence-electron chi connectivity index (χ1n) is 7.97. The number of aliphatic hydroxyl groups excluding tert-OH is 1. The van der Waals surface area contributed by atoms with Crippen molar-refractivity contribution in [2.24, 2.45) is 0 Å². The molecule has 0 saturated carbocycles. The van der Waals surface area contributed by atoms with Gasteiger partial charge in [-0.2, -0.15) is 15.0 Å². The molecular weight excluding hydrogens is 368 g/mol. The van der Waals surface area contributed by atoms with Gasteiger partial charge in [-0.3, -0.25) is 4.57 Å². The van der Waals surface area contributed by atoms with Gasteiger partial charge >= 0.3 is 6.01 Å². The first-order valence-corrected chi connectivity index (χ1v) is 8.38. The number of rotatable bonds is 6. The summed E-state index contributed by atoms with van der Waals surface area (Å²) in [4.78, 5) is 12.6. The first-order chi connectivity index (χ1) is 12.9. The summed E-state index contributed by atoms with van der Waals surface area (Å²) < 4.78 is 17.6. The fourth-order valence-corrected chi connectivity index (χ4v) is 2.68. The molecule has 0 aliphatic carbocycles. The van der Waals surface area contributed by atoms with E-state index in [0.29, 0.717) is 5.82 Å². The van der Waals surface area contributed by atoms with Crippen molar-refractivity contribution in [2.75, 3.05) is 14.2 Å². The van der Waals surface area contributed by atoms with Crippen LogP contribution in [0.4, 0.5) is 0 Å². The van der Waals surface area contributed by atoms with Crippen LogP contribution < -0.4 is 14.2 Å². The zero-order valence-corrected chi connectivity index (χ0v) is 16.1. The van der Waals surface area contributed by atoms with Crippen molar-refractivity contribution in [3.8, 4) is 29.3 Å². The molecule has 140 valence electrons. The Morgan fingerprint density at radius 1 is 1.00 bits per heavy atom. The standard InChI is InChI=1S/C18H18N4O4S/c1-10-5-7-12(8-6-10)22-11(2)19-16(15(22)17(23)27)26-18-20-13(24-3)9-14(21-18)25-4/h5-9H,1-4H3,(H,23,27). The number of aryl methyl sites for hydroxylation is 2. The van der Waals surface area contributed by atoms with Crippen LogP contribution in [0.1, 0.15) is 17.1 Å². The minimum Gasteiger partial charge on any atom is -0.497 e. The molecule has 0 saturated heterocycles. The fourth-order valence-electron chi connectivity index (χ4n) is 2.50. The zero-order valence-electron chi connectivity index (χ0n) is 15.3. The third-order valence-electron chi connectivity index (χ3n) is 3.77. The second kappa shape index (κ2) is 7.58. The molecule has 3 rings (SSSR count). The number of hydrogen-bond donors (Lipinski definition) is 1. The summed E-state index contributed by atoms with van der Waals surface area (Å²) in [5.41, 5.74) is 2.13. The average Bonchev–Trinajstić information content (AvgIpc) is 2.97. The van der Waals surface area contributed by atoms with E-state index in [-0.39, 0.29) is 34.4 Å². The monoisotopic (exact) mass is 386 g/mol. The van der Waals surface area contributed by atoms with Gasteiger partial charge in [0.1, 0.15) is 5.82 Å². The Morgan fingerprint density at radius 3 is 2.11 bits per heavy atom. The molecule has 0 aliphatic heterocycles. The molecule has 3 aromatic rings. The lowest BCUT2D eigenvalue weighted by Crippen LogP contribution is -2.08. The molecule has 0 fully saturated rings. The summed E-state index contributed by atoms with van der Waals surface area (Å²) in [5, 5.41) is 9.73. The van der Waals surface area contributed by atoms with Gasteiger partial charge in [-0.15, -0.1) is 0 Å². The molecule has 27 heavy (non-hydrogen) atoms. The van der Waals surface area contributed by atoms with Gasteiger partial charge in [-0.1, -0.05) is 17.7 Å². The van der Waals surface area contributed by atoms with Gasteiger partial charge in [0, 0.05) is 5.69 Å². The first kappa shape index (κ1) is 18.6. The summed E-state index contributed by atoms with van der Waals surface area (Å²) in [6.45, 7) is 3.77. The summed E-state index contributed by atoms with van der Waals surface area (Å²) in [6.07, 6.45) is 0. The van der Waals surface area contributed by atoms with Gasteiger partial charge in [0.2, 0.25) is 16.8 Å². The molecular formula is C18H18N4O4S. The highest BCUT2D eigenvalue weighted by Crippen LogP contribution is 2.29. The van der Waals surface area contributed by atoms with E-state index in [1.807, 2.05) is 31.2 Å². The maximum Gasteiger partial charge on any atom is 0.330 e. The number of benzene rings is 1. The van der Waals surface area contributed by atoms with Gasteiger partial charge in [0.15, 0.2) is 5.69 Å². The van der Waals surface area contributed by atoms with Gasteiger partial charge < -0.3 is 19.3 Å². The molecule has 0 unspecified atom stereocenters. The Bertz CT molecular complexity index is 964. The lowest BCUT2D eigenvalue weighted by atomic mass is 10.2. The Labute approximate surface area is 161 Å². The number of ether oxygens (including phenoxy) is 3. The minimum absolute atomic E-state index is 0.0442. The molecule has 1 aromatic carbocycles. The molecule has 0 spiro atoms. The second-order valence-electron chi connectivity index (χ2n) is 5.63. The van der Waals surface area contributed by atoms with Crippen molar-refractivity contribution in [1.82, 2.24) is 19.5 Å². The molecule has 2 aromatic heterocycles. The number of hydrogen-bond acceptors (Lipinski definition) is 7. The van der Waals surface area contributed by atoms with E-state index in [4.69, 9.17) is 26.4 Å². The highest BCUT2D eigenvalue weighted by atomic mass is 32.1. The van der Waals surface area contributed by atoms with E-state index in [1.54, 1.807) is 11.5 Å². The zero-order chi connectivity index (χ0) is 19.6. The molecule has 0 atom stereocenters. The molecule has 0 bridgehead atoms. The summed E-state index contributed by atoms with van der Waals surface area (Å²) in [7, 11) is 2.94. The fraction of sp³-hybridized carbons (Fsp3) is 0.222. The van der Waals surface area contributed by atoms with Gasteiger partial charge in [0.05, 0.1) is 20.3 Å². The highest BCUT2D eigenvalue weighted by molar-refractivity contribution is 7.80. The molecule has 1 N–H and O–H groups in total. The van der Waals surface area contributed by atoms with Crippen molar-refractivity contribution in [3.63, 3.8) is 0 Å². The Hall–Kier alpha value is -3.20. The number of methoxy groups -OCH3 is 2. The van der Waals surface area contributed by atoms with Crippen molar-refractivity contribution >= 4 is 17.3 Å². The van der Waals surface area contributed by atoms with Crippen molar-refractivity contribution in [2.45, 2.75) is 13.8 Å². The minimum atomic E-state index is -0.360. The van der Waals surface area contributed by atoms with Crippen LogP contribution in [0.15, 0.2) is 30.3 Å². The predicted octanol–water partition coefficient (Wildman–Crippen LogP) is 3.32. The third kappa shape index (κ3) is 3.82. The van der Waals surface area contributed by atoms with E-state index in [1.165, 1.54) is 20.3 Å². The van der Waals surface area contributed by atoms with E-state index in [2.05, 4.69) is 15.0 Å². The van der Waals surface area contributed by atoms with Crippen LogP contribution in [0.3, 0.4) is 0 Å². The van der Waals surface area contributed by atoms with Crippen molar-refractivity contribution in [1.29, 1.82) is 0 Å². The quantitative estimate of drug-likeness (QED) is 0.645. The normalized spacial score (nSPS) is 10.5.